The van der Waals surface area contributed by atoms with E-state index in [-0.39, 0.29) is 23.8 Å². The molecule has 2 aromatic carbocycles. The van der Waals surface area contributed by atoms with Crippen LogP contribution in [0.2, 0.25) is 0 Å². The summed E-state index contributed by atoms with van der Waals surface area (Å²) < 4.78 is 47.0. The molecule has 0 spiro atoms. The fraction of sp³-hybridized carbons (Fsp3) is 0.350. The van der Waals surface area contributed by atoms with Crippen LogP contribution in [-0.2, 0) is 20.6 Å². The average Bonchev–Trinajstić information content (AvgIpc) is 2.71. The lowest BCUT2D eigenvalue weighted by Crippen LogP contribution is -2.42. The summed E-state index contributed by atoms with van der Waals surface area (Å²) in [6, 6.07) is 10.5. The maximum atomic E-state index is 13.8. The van der Waals surface area contributed by atoms with Gasteiger partial charge in [0.05, 0.1) is 22.5 Å². The third kappa shape index (κ3) is 4.11. The minimum Gasteiger partial charge on any atom is -0.490 e. The molecule has 0 atom stereocenters. The Balaban J connectivity index is 1.89. The van der Waals surface area contributed by atoms with Gasteiger partial charge in [-0.15, -0.1) is 0 Å². The van der Waals surface area contributed by atoms with Gasteiger partial charge >= 0.3 is 0 Å². The van der Waals surface area contributed by atoms with Crippen molar-refractivity contribution in [2.24, 2.45) is 5.41 Å². The fourth-order valence-electron chi connectivity index (χ4n) is 3.06. The molecule has 2 aromatic rings. The molecule has 0 saturated heterocycles. The van der Waals surface area contributed by atoms with E-state index in [9.17, 15) is 17.6 Å². The Morgan fingerprint density at radius 2 is 1.93 bits per heavy atom. The van der Waals surface area contributed by atoms with Crippen LogP contribution in [0.3, 0.4) is 0 Å². The molecule has 0 radical (unpaired) electrons. The molecule has 1 aliphatic rings. The maximum Gasteiger partial charge on any atom is 0.237 e. The highest BCUT2D eigenvalue weighted by Crippen LogP contribution is 2.38. The number of carbonyl (C=O) groups is 1. The van der Waals surface area contributed by atoms with Crippen molar-refractivity contribution in [3.05, 3.63) is 53.8 Å². The third-order valence-corrected chi connectivity index (χ3v) is 5.79. The van der Waals surface area contributed by atoms with Crippen LogP contribution in [0.5, 0.6) is 5.75 Å². The number of nitrogens with zero attached hydrogens (tertiary/aromatic N) is 1. The number of fused-ring (bicyclic) bond motifs is 1. The first-order valence-electron chi connectivity index (χ1n) is 8.96. The number of carbonyl (C=O) groups excluding carboxylic acids is 1. The van der Waals surface area contributed by atoms with Crippen LogP contribution in [0, 0.1) is 11.2 Å². The number of hydrogen-bond donors (Lipinski definition) is 1. The second-order valence-electron chi connectivity index (χ2n) is 7.36. The van der Waals surface area contributed by atoms with Crippen molar-refractivity contribution in [1.82, 2.24) is 0 Å². The smallest absolute Gasteiger partial charge is 0.237 e. The molecule has 1 amide bonds. The van der Waals surface area contributed by atoms with Gasteiger partial charge < -0.3 is 9.64 Å². The summed E-state index contributed by atoms with van der Waals surface area (Å²) in [5, 5.41) is 0. The molecular formula is C20H23FN2O4S. The van der Waals surface area contributed by atoms with E-state index in [2.05, 4.69) is 4.72 Å². The van der Waals surface area contributed by atoms with Gasteiger partial charge in [-0.1, -0.05) is 18.2 Å². The molecule has 1 N–H and O–H groups in total. The van der Waals surface area contributed by atoms with Crippen LogP contribution in [0.25, 0.3) is 0 Å². The van der Waals surface area contributed by atoms with E-state index in [0.29, 0.717) is 18.0 Å². The monoisotopic (exact) mass is 406 g/mol. The average molecular weight is 406 g/mol. The Labute approximate surface area is 164 Å². The normalized spacial score (nSPS) is 16.1. The van der Waals surface area contributed by atoms with Crippen molar-refractivity contribution in [3.63, 3.8) is 0 Å². The molecule has 0 fully saturated rings. The summed E-state index contributed by atoms with van der Waals surface area (Å²) in [5.41, 5.74) is 0.175. The van der Waals surface area contributed by atoms with Crippen molar-refractivity contribution in [3.8, 4) is 5.75 Å². The standard InChI is InChI=1S/C20H23FN2O4S/c1-4-23-17-11-15(9-10-18(17)27-13-20(2,3)19(23)24)22-28(25,26)12-14-7-5-6-8-16(14)21/h5-11,22H,4,12-13H2,1-3H3. The first-order chi connectivity index (χ1) is 13.1. The number of hydrogen-bond acceptors (Lipinski definition) is 4. The van der Waals surface area contributed by atoms with E-state index in [4.69, 9.17) is 4.74 Å². The highest BCUT2D eigenvalue weighted by Gasteiger charge is 2.37. The topological polar surface area (TPSA) is 75.7 Å². The van der Waals surface area contributed by atoms with Crippen LogP contribution in [0.15, 0.2) is 42.5 Å². The van der Waals surface area contributed by atoms with Crippen LogP contribution in [0.4, 0.5) is 15.8 Å². The predicted molar refractivity (Wildman–Crippen MR) is 106 cm³/mol. The first-order valence-corrected chi connectivity index (χ1v) is 10.6. The molecule has 0 bridgehead atoms. The van der Waals surface area contributed by atoms with Crippen LogP contribution >= 0.6 is 0 Å². The van der Waals surface area contributed by atoms with E-state index in [1.807, 2.05) is 20.8 Å². The number of amides is 1. The number of nitrogens with one attached hydrogen (secondary N) is 1. The van der Waals surface area contributed by atoms with Gasteiger partial charge in [-0.2, -0.15) is 0 Å². The molecule has 3 rings (SSSR count). The Morgan fingerprint density at radius 3 is 2.61 bits per heavy atom. The Hall–Kier alpha value is -2.61. The van der Waals surface area contributed by atoms with Crippen LogP contribution in [-0.4, -0.2) is 27.5 Å². The summed E-state index contributed by atoms with van der Waals surface area (Å²) >= 11 is 0. The molecule has 0 saturated carbocycles. The van der Waals surface area contributed by atoms with E-state index < -0.39 is 27.0 Å². The first kappa shape index (κ1) is 20.1. The Bertz CT molecular complexity index is 1010. The van der Waals surface area contributed by atoms with Crippen molar-refractivity contribution < 1.29 is 22.3 Å². The van der Waals surface area contributed by atoms with Crippen LogP contribution in [0.1, 0.15) is 26.3 Å². The number of halogens is 1. The summed E-state index contributed by atoms with van der Waals surface area (Å²) in [6.45, 7) is 6.11. The quantitative estimate of drug-likeness (QED) is 0.824. The second kappa shape index (κ2) is 7.43. The molecule has 8 heteroatoms. The lowest BCUT2D eigenvalue weighted by atomic mass is 9.93. The predicted octanol–water partition coefficient (Wildman–Crippen LogP) is 3.54. The van der Waals surface area contributed by atoms with Gasteiger partial charge in [-0.25, -0.2) is 12.8 Å². The number of rotatable bonds is 5. The number of anilines is 2. The molecule has 0 aromatic heterocycles. The summed E-state index contributed by atoms with van der Waals surface area (Å²) in [5.74, 6) is -0.650. The Morgan fingerprint density at radius 1 is 1.21 bits per heavy atom. The zero-order valence-corrected chi connectivity index (χ0v) is 16.8. The van der Waals surface area contributed by atoms with Gasteiger partial charge in [0, 0.05) is 12.1 Å². The highest BCUT2D eigenvalue weighted by molar-refractivity contribution is 7.91. The number of ether oxygens (including phenoxy) is 1. The lowest BCUT2D eigenvalue weighted by molar-refractivity contribution is -0.127. The molecule has 0 aliphatic carbocycles. The summed E-state index contributed by atoms with van der Waals surface area (Å²) in [7, 11) is -3.84. The zero-order valence-electron chi connectivity index (χ0n) is 16.0. The van der Waals surface area contributed by atoms with Crippen LogP contribution < -0.4 is 14.4 Å². The number of sulfonamides is 1. The molecule has 1 heterocycles. The largest absolute Gasteiger partial charge is 0.490 e. The zero-order chi connectivity index (χ0) is 20.5. The molecule has 1 aliphatic heterocycles. The summed E-state index contributed by atoms with van der Waals surface area (Å²) in [4.78, 5) is 14.4. The minimum absolute atomic E-state index is 0.0835. The van der Waals surface area contributed by atoms with Crippen molar-refractivity contribution in [2.45, 2.75) is 26.5 Å². The van der Waals surface area contributed by atoms with Crippen molar-refractivity contribution in [1.29, 1.82) is 0 Å². The molecule has 0 unspecified atom stereocenters. The van der Waals surface area contributed by atoms with E-state index in [1.165, 1.54) is 18.2 Å². The maximum absolute atomic E-state index is 13.8. The fourth-order valence-corrected chi connectivity index (χ4v) is 4.26. The van der Waals surface area contributed by atoms with Gasteiger partial charge in [-0.05, 0) is 45.0 Å². The number of benzene rings is 2. The van der Waals surface area contributed by atoms with Gasteiger partial charge in [0.1, 0.15) is 18.2 Å². The van der Waals surface area contributed by atoms with E-state index in [0.717, 1.165) is 0 Å². The minimum atomic E-state index is -3.84. The highest BCUT2D eigenvalue weighted by atomic mass is 32.2. The summed E-state index contributed by atoms with van der Waals surface area (Å²) in [6.07, 6.45) is 0. The second-order valence-corrected chi connectivity index (χ2v) is 9.08. The van der Waals surface area contributed by atoms with Crippen molar-refractivity contribution >= 4 is 27.3 Å². The van der Waals surface area contributed by atoms with E-state index in [1.54, 1.807) is 29.2 Å². The molecule has 28 heavy (non-hydrogen) atoms. The third-order valence-electron chi connectivity index (χ3n) is 4.56. The van der Waals surface area contributed by atoms with Gasteiger partial charge in [0.15, 0.2) is 0 Å². The molecular weight excluding hydrogens is 383 g/mol. The van der Waals surface area contributed by atoms with Gasteiger partial charge in [0.25, 0.3) is 0 Å². The Kier molecular flexibility index (Phi) is 5.34. The van der Waals surface area contributed by atoms with Crippen molar-refractivity contribution in [2.75, 3.05) is 22.8 Å². The SMILES string of the molecule is CCN1C(=O)C(C)(C)COc2ccc(NS(=O)(=O)Cc3ccccc3F)cc21. The van der Waals surface area contributed by atoms with Gasteiger partial charge in [-0.3, -0.25) is 9.52 Å². The molecule has 6 nitrogen and oxygen atoms in total. The van der Waals surface area contributed by atoms with E-state index >= 15 is 0 Å². The molecule has 150 valence electrons. The van der Waals surface area contributed by atoms with Gasteiger partial charge in [0.2, 0.25) is 15.9 Å². The lowest BCUT2D eigenvalue weighted by Gasteiger charge is -2.27.